The quantitative estimate of drug-likeness (QED) is 0.408. The van der Waals surface area contributed by atoms with Gasteiger partial charge in [-0.15, -0.1) is 0 Å². The van der Waals surface area contributed by atoms with Gasteiger partial charge >= 0.3 is 5.97 Å². The van der Waals surface area contributed by atoms with Gasteiger partial charge in [-0.1, -0.05) is 25.3 Å². The Labute approximate surface area is 257 Å². The molecule has 1 fully saturated rings. The Kier molecular flexibility index (Phi) is 7.77. The maximum atomic E-state index is 13.2. The largest absolute Gasteiger partial charge is 0.501 e. The third kappa shape index (κ3) is 5.16. The van der Waals surface area contributed by atoms with Gasteiger partial charge in [0, 0.05) is 48.1 Å². The summed E-state index contributed by atoms with van der Waals surface area (Å²) in [6.45, 7) is 3.05. The van der Waals surface area contributed by atoms with Crippen molar-refractivity contribution in [3.63, 3.8) is 0 Å². The average Bonchev–Trinajstić information content (AvgIpc) is 3.49. The lowest BCUT2D eigenvalue weighted by molar-refractivity contribution is 0.0696. The smallest absolute Gasteiger partial charge is 0.339 e. The highest BCUT2D eigenvalue weighted by atomic mass is 32.2. The third-order valence-corrected chi connectivity index (χ3v) is 11.0. The highest BCUT2D eigenvalue weighted by molar-refractivity contribution is 7.90. The number of rotatable bonds is 7. The Morgan fingerprint density at radius 1 is 1.09 bits per heavy atom. The molecule has 232 valence electrons. The number of nitrogens with zero attached hydrogens (tertiary/aromatic N) is 3. The highest BCUT2D eigenvalue weighted by Gasteiger charge is 2.42. The zero-order chi connectivity index (χ0) is 31.3. The standard InChI is InChI=1S/C33H38N4O6S/c1-19(2)44(41,42)35-32(38)21-10-12-26-28(16-21)37-18-23(30-27(33(39)40)17-34-36(30)3)14-22-15-24(43-4)11-13-25(22)31(37)29(26)20-8-6-5-7-9-20/h10,12,14-20,29H,5-9,11,13H2,1-4H3,(H,35,38)(H,39,40). The summed E-state index contributed by atoms with van der Waals surface area (Å²) in [6.07, 6.45) is 14.5. The van der Waals surface area contributed by atoms with Crippen molar-refractivity contribution in [3.05, 3.63) is 87.7 Å². The molecule has 3 heterocycles. The van der Waals surface area contributed by atoms with E-state index in [4.69, 9.17) is 4.74 Å². The molecule has 11 heteroatoms. The van der Waals surface area contributed by atoms with Crippen LogP contribution in [-0.4, -0.2) is 47.5 Å². The number of aromatic nitrogens is 2. The van der Waals surface area contributed by atoms with Gasteiger partial charge < -0.3 is 14.7 Å². The lowest BCUT2D eigenvalue weighted by Crippen LogP contribution is -2.35. The van der Waals surface area contributed by atoms with Crippen LogP contribution >= 0.6 is 0 Å². The van der Waals surface area contributed by atoms with Crippen LogP contribution in [0.15, 0.2) is 65.4 Å². The summed E-state index contributed by atoms with van der Waals surface area (Å²) >= 11 is 0. The number of sulfonamides is 1. The maximum absolute atomic E-state index is 13.2. The van der Waals surface area contributed by atoms with Crippen LogP contribution in [0.1, 0.15) is 96.7 Å². The minimum atomic E-state index is -3.82. The van der Waals surface area contributed by atoms with Crippen molar-refractivity contribution in [2.75, 3.05) is 12.0 Å². The summed E-state index contributed by atoms with van der Waals surface area (Å²) in [5.74, 6) is -0.439. The van der Waals surface area contributed by atoms with Crippen LogP contribution in [0.25, 0.3) is 5.57 Å². The van der Waals surface area contributed by atoms with E-state index in [0.717, 1.165) is 72.4 Å². The van der Waals surface area contributed by atoms with Gasteiger partial charge in [0.05, 0.1) is 30.0 Å². The Balaban J connectivity index is 1.58. The van der Waals surface area contributed by atoms with E-state index in [9.17, 15) is 23.1 Å². The van der Waals surface area contributed by atoms with Gasteiger partial charge in [-0.3, -0.25) is 9.48 Å². The van der Waals surface area contributed by atoms with E-state index in [2.05, 4.69) is 14.7 Å². The first-order valence-electron chi connectivity index (χ1n) is 15.2. The summed E-state index contributed by atoms with van der Waals surface area (Å²) in [7, 11) is -0.439. The molecule has 6 rings (SSSR count). The minimum Gasteiger partial charge on any atom is -0.501 e. The fourth-order valence-corrected chi connectivity index (χ4v) is 7.62. The number of aromatic carboxylic acids is 1. The number of methoxy groups -OCH3 is 1. The Morgan fingerprint density at radius 3 is 2.52 bits per heavy atom. The number of allylic oxidation sites excluding steroid dienone is 7. The third-order valence-electron chi connectivity index (χ3n) is 9.30. The SMILES string of the molecule is COC1=CC2=CC(c3c(C(=O)O)cnn3C)=CN3C(=C2CC1)C(C1CCCCC1)c1ccc(C(=O)NS(=O)(=O)C(C)C)cc13. The predicted molar refractivity (Wildman–Crippen MR) is 167 cm³/mol. The number of carboxylic acids is 1. The summed E-state index contributed by atoms with van der Waals surface area (Å²) in [5, 5.41) is 13.5. The molecule has 2 aromatic rings. The number of carbonyl (C=O) groups is 2. The maximum Gasteiger partial charge on any atom is 0.339 e. The topological polar surface area (TPSA) is 131 Å². The molecule has 0 bridgehead atoms. The van der Waals surface area contributed by atoms with Crippen LogP contribution in [-0.2, 0) is 21.8 Å². The number of carbonyl (C=O) groups excluding carboxylic acids is 1. The van der Waals surface area contributed by atoms with Crippen molar-refractivity contribution in [2.24, 2.45) is 13.0 Å². The van der Waals surface area contributed by atoms with Crippen molar-refractivity contribution < 1.29 is 27.9 Å². The van der Waals surface area contributed by atoms with Crippen LogP contribution in [0.4, 0.5) is 5.69 Å². The van der Waals surface area contributed by atoms with E-state index in [1.807, 2.05) is 24.4 Å². The fraction of sp³-hybridized carbons (Fsp3) is 0.424. The molecule has 1 atom stereocenters. The zero-order valence-electron chi connectivity index (χ0n) is 25.5. The Bertz CT molecular complexity index is 1770. The van der Waals surface area contributed by atoms with E-state index in [1.165, 1.54) is 26.5 Å². The number of fused-ring (bicyclic) bond motifs is 4. The van der Waals surface area contributed by atoms with Gasteiger partial charge in [-0.2, -0.15) is 5.10 Å². The van der Waals surface area contributed by atoms with Gasteiger partial charge in [0.2, 0.25) is 10.0 Å². The number of ether oxygens (including phenoxy) is 1. The van der Waals surface area contributed by atoms with Crippen LogP contribution in [0.5, 0.6) is 0 Å². The lowest BCUT2D eigenvalue weighted by Gasteiger charge is -2.32. The molecular weight excluding hydrogens is 580 g/mol. The first kappa shape index (κ1) is 29.9. The lowest BCUT2D eigenvalue weighted by atomic mass is 9.74. The molecule has 10 nitrogen and oxygen atoms in total. The molecule has 2 N–H and O–H groups in total. The molecule has 1 unspecified atom stereocenters. The second-order valence-corrected chi connectivity index (χ2v) is 14.5. The molecule has 1 amide bonds. The molecule has 0 radical (unpaired) electrons. The van der Waals surface area contributed by atoms with Crippen molar-refractivity contribution in [3.8, 4) is 0 Å². The number of benzene rings is 1. The molecule has 2 aliphatic carbocycles. The first-order valence-corrected chi connectivity index (χ1v) is 16.7. The summed E-state index contributed by atoms with van der Waals surface area (Å²) in [4.78, 5) is 27.6. The predicted octanol–water partition coefficient (Wildman–Crippen LogP) is 5.63. The number of aryl methyl sites for hydroxylation is 1. The molecule has 1 aromatic carbocycles. The number of anilines is 1. The second kappa shape index (κ2) is 11.4. The van der Waals surface area contributed by atoms with Crippen LogP contribution in [0, 0.1) is 5.92 Å². The summed E-state index contributed by atoms with van der Waals surface area (Å²) in [6, 6.07) is 5.45. The molecule has 44 heavy (non-hydrogen) atoms. The van der Waals surface area contributed by atoms with E-state index >= 15 is 0 Å². The number of hydrogen-bond donors (Lipinski definition) is 2. The van der Waals surface area contributed by atoms with Crippen molar-refractivity contribution in [1.29, 1.82) is 0 Å². The van der Waals surface area contributed by atoms with E-state index in [-0.39, 0.29) is 17.0 Å². The van der Waals surface area contributed by atoms with Crippen LogP contribution in [0.3, 0.4) is 0 Å². The van der Waals surface area contributed by atoms with Gasteiger partial charge in [-0.05, 0) is 80.0 Å². The van der Waals surface area contributed by atoms with Gasteiger partial charge in [-0.25, -0.2) is 17.9 Å². The van der Waals surface area contributed by atoms with E-state index in [0.29, 0.717) is 17.2 Å². The fourth-order valence-electron chi connectivity index (χ4n) is 7.01. The highest BCUT2D eigenvalue weighted by Crippen LogP contribution is 2.55. The van der Waals surface area contributed by atoms with E-state index in [1.54, 1.807) is 31.0 Å². The van der Waals surface area contributed by atoms with Crippen LogP contribution < -0.4 is 9.62 Å². The Morgan fingerprint density at radius 2 is 1.84 bits per heavy atom. The average molecular weight is 619 g/mol. The number of nitrogens with one attached hydrogen (secondary N) is 1. The molecule has 2 aliphatic heterocycles. The second-order valence-electron chi connectivity index (χ2n) is 12.2. The number of carboxylic acid groups (broad SMARTS) is 1. The van der Waals surface area contributed by atoms with Gasteiger partial charge in [0.15, 0.2) is 0 Å². The van der Waals surface area contributed by atoms with Crippen LogP contribution in [0.2, 0.25) is 0 Å². The monoisotopic (exact) mass is 618 g/mol. The number of hydrogen-bond acceptors (Lipinski definition) is 7. The molecule has 0 spiro atoms. The van der Waals surface area contributed by atoms with Crippen molar-refractivity contribution in [1.82, 2.24) is 14.5 Å². The number of amides is 1. The van der Waals surface area contributed by atoms with E-state index < -0.39 is 27.1 Å². The molecule has 1 aromatic heterocycles. The zero-order valence-corrected chi connectivity index (χ0v) is 26.3. The Hall–Kier alpha value is -4.12. The first-order chi connectivity index (χ1) is 21.0. The molecule has 4 aliphatic rings. The molecule has 0 saturated heterocycles. The van der Waals surface area contributed by atoms with Gasteiger partial charge in [0.25, 0.3) is 5.91 Å². The van der Waals surface area contributed by atoms with Crippen molar-refractivity contribution in [2.45, 2.75) is 70.0 Å². The minimum absolute atomic E-state index is 0.0683. The molecular formula is C33H38N4O6S. The molecule has 1 saturated carbocycles. The normalized spacial score (nSPS) is 20.2. The van der Waals surface area contributed by atoms with Gasteiger partial charge in [0.1, 0.15) is 5.56 Å². The van der Waals surface area contributed by atoms with Crippen molar-refractivity contribution >= 4 is 33.2 Å². The summed E-state index contributed by atoms with van der Waals surface area (Å²) < 4.78 is 34.5. The summed E-state index contributed by atoms with van der Waals surface area (Å²) in [5.41, 5.74) is 6.59.